The molecule has 0 unspecified atom stereocenters. The number of nitrogens with zero attached hydrogens (tertiary/aromatic N) is 1. The number of imidazole rings is 1. The standard InChI is InChI=1S/C16H13F2N3/c17-10-6-13(18)15-14(7-10)20-16(21-15)12-3-1-2-9-8-19-5-4-11(9)12/h1-3,6-7,19H,4-5,8H2,(H,20,21). The molecule has 2 heterocycles. The lowest BCUT2D eigenvalue weighted by molar-refractivity contribution is 0.590. The van der Waals surface area contributed by atoms with Crippen molar-refractivity contribution in [3.63, 3.8) is 0 Å². The molecule has 1 aromatic heterocycles. The minimum atomic E-state index is -0.640. The van der Waals surface area contributed by atoms with Crippen LogP contribution >= 0.6 is 0 Å². The molecule has 0 saturated heterocycles. The Bertz CT molecular complexity index is 839. The molecule has 4 rings (SSSR count). The second-order valence-corrected chi connectivity index (χ2v) is 5.24. The van der Waals surface area contributed by atoms with Crippen molar-refractivity contribution in [3.8, 4) is 11.4 Å². The van der Waals surface area contributed by atoms with Gasteiger partial charge in [0, 0.05) is 18.2 Å². The largest absolute Gasteiger partial charge is 0.338 e. The minimum Gasteiger partial charge on any atom is -0.338 e. The van der Waals surface area contributed by atoms with Crippen molar-refractivity contribution in [2.24, 2.45) is 0 Å². The number of rotatable bonds is 1. The van der Waals surface area contributed by atoms with E-state index in [4.69, 9.17) is 0 Å². The zero-order valence-corrected chi connectivity index (χ0v) is 11.2. The fraction of sp³-hybridized carbons (Fsp3) is 0.188. The Morgan fingerprint density at radius 3 is 2.95 bits per heavy atom. The van der Waals surface area contributed by atoms with Crippen molar-refractivity contribution in [2.75, 3.05) is 6.54 Å². The summed E-state index contributed by atoms with van der Waals surface area (Å²) in [5, 5.41) is 3.32. The molecule has 21 heavy (non-hydrogen) atoms. The van der Waals surface area contributed by atoms with E-state index >= 15 is 0 Å². The second-order valence-electron chi connectivity index (χ2n) is 5.24. The van der Waals surface area contributed by atoms with Gasteiger partial charge in [0.05, 0.1) is 5.52 Å². The summed E-state index contributed by atoms with van der Waals surface area (Å²) in [7, 11) is 0. The summed E-state index contributed by atoms with van der Waals surface area (Å²) >= 11 is 0. The van der Waals surface area contributed by atoms with E-state index in [0.717, 1.165) is 31.1 Å². The zero-order chi connectivity index (χ0) is 14.4. The SMILES string of the molecule is Fc1cc(F)c2nc(-c3cccc4c3CCNC4)[nH]c2c1. The fourth-order valence-corrected chi connectivity index (χ4v) is 2.92. The van der Waals surface area contributed by atoms with Gasteiger partial charge in [0.2, 0.25) is 0 Å². The van der Waals surface area contributed by atoms with E-state index in [1.165, 1.54) is 17.2 Å². The number of halogens is 2. The predicted molar refractivity (Wildman–Crippen MR) is 76.9 cm³/mol. The lowest BCUT2D eigenvalue weighted by Crippen LogP contribution is -2.24. The van der Waals surface area contributed by atoms with Crippen LogP contribution in [0.5, 0.6) is 0 Å². The number of H-pyrrole nitrogens is 1. The van der Waals surface area contributed by atoms with Crippen LogP contribution in [0.4, 0.5) is 8.78 Å². The van der Waals surface area contributed by atoms with Crippen LogP contribution in [0, 0.1) is 11.6 Å². The van der Waals surface area contributed by atoms with E-state index in [1.807, 2.05) is 12.1 Å². The third-order valence-electron chi connectivity index (χ3n) is 3.90. The third-order valence-corrected chi connectivity index (χ3v) is 3.90. The van der Waals surface area contributed by atoms with Gasteiger partial charge in [0.25, 0.3) is 0 Å². The second kappa shape index (κ2) is 4.63. The molecule has 0 aliphatic carbocycles. The lowest BCUT2D eigenvalue weighted by atomic mass is 9.95. The van der Waals surface area contributed by atoms with Gasteiger partial charge in [-0.3, -0.25) is 0 Å². The minimum absolute atomic E-state index is 0.179. The molecule has 2 aromatic carbocycles. The number of benzene rings is 2. The monoisotopic (exact) mass is 285 g/mol. The maximum Gasteiger partial charge on any atom is 0.153 e. The molecular formula is C16H13F2N3. The Hall–Kier alpha value is -2.27. The molecule has 0 fully saturated rings. The number of fused-ring (bicyclic) bond motifs is 2. The molecular weight excluding hydrogens is 272 g/mol. The van der Waals surface area contributed by atoms with Gasteiger partial charge < -0.3 is 10.3 Å². The Morgan fingerprint density at radius 1 is 1.14 bits per heavy atom. The summed E-state index contributed by atoms with van der Waals surface area (Å²) in [4.78, 5) is 7.35. The van der Waals surface area contributed by atoms with Crippen LogP contribution in [-0.2, 0) is 13.0 Å². The number of aromatic amines is 1. The number of nitrogens with one attached hydrogen (secondary N) is 2. The lowest BCUT2D eigenvalue weighted by Gasteiger charge is -2.19. The molecule has 0 spiro atoms. The Balaban J connectivity index is 1.93. The summed E-state index contributed by atoms with van der Waals surface area (Å²) in [6.45, 7) is 1.74. The number of hydrogen-bond donors (Lipinski definition) is 2. The van der Waals surface area contributed by atoms with Gasteiger partial charge in [-0.2, -0.15) is 0 Å². The molecule has 0 amide bonds. The summed E-state index contributed by atoms with van der Waals surface area (Å²) in [6.07, 6.45) is 0.902. The van der Waals surface area contributed by atoms with Crippen LogP contribution in [0.3, 0.4) is 0 Å². The van der Waals surface area contributed by atoms with E-state index in [-0.39, 0.29) is 5.52 Å². The number of aromatic nitrogens is 2. The van der Waals surface area contributed by atoms with E-state index in [2.05, 4.69) is 21.4 Å². The maximum absolute atomic E-state index is 13.8. The molecule has 1 aliphatic heterocycles. The molecule has 0 bridgehead atoms. The molecule has 0 atom stereocenters. The Morgan fingerprint density at radius 2 is 2.05 bits per heavy atom. The highest BCUT2D eigenvalue weighted by Gasteiger charge is 2.17. The highest BCUT2D eigenvalue weighted by atomic mass is 19.1. The van der Waals surface area contributed by atoms with Crippen molar-refractivity contribution in [1.29, 1.82) is 0 Å². The van der Waals surface area contributed by atoms with Crippen molar-refractivity contribution >= 4 is 11.0 Å². The highest BCUT2D eigenvalue weighted by molar-refractivity contribution is 5.80. The van der Waals surface area contributed by atoms with Crippen molar-refractivity contribution in [1.82, 2.24) is 15.3 Å². The third kappa shape index (κ3) is 2.01. The van der Waals surface area contributed by atoms with Crippen molar-refractivity contribution in [2.45, 2.75) is 13.0 Å². The fourth-order valence-electron chi connectivity index (χ4n) is 2.92. The van der Waals surface area contributed by atoms with Gasteiger partial charge in [-0.1, -0.05) is 18.2 Å². The first-order valence-electron chi connectivity index (χ1n) is 6.89. The van der Waals surface area contributed by atoms with Gasteiger partial charge in [-0.05, 0) is 30.2 Å². The maximum atomic E-state index is 13.8. The molecule has 2 N–H and O–H groups in total. The van der Waals surface area contributed by atoms with Crippen LogP contribution in [0.1, 0.15) is 11.1 Å². The molecule has 106 valence electrons. The van der Waals surface area contributed by atoms with Gasteiger partial charge in [-0.15, -0.1) is 0 Å². The summed E-state index contributed by atoms with van der Waals surface area (Å²) < 4.78 is 27.1. The molecule has 0 radical (unpaired) electrons. The Kier molecular flexibility index (Phi) is 2.75. The summed E-state index contributed by atoms with van der Waals surface area (Å²) in [5.41, 5.74) is 3.97. The predicted octanol–water partition coefficient (Wildman–Crippen LogP) is 3.15. The van der Waals surface area contributed by atoms with Crippen LogP contribution in [0.15, 0.2) is 30.3 Å². The van der Waals surface area contributed by atoms with Gasteiger partial charge in [-0.25, -0.2) is 13.8 Å². The normalized spacial score (nSPS) is 14.4. The van der Waals surface area contributed by atoms with E-state index in [9.17, 15) is 8.78 Å². The first-order valence-corrected chi connectivity index (χ1v) is 6.89. The van der Waals surface area contributed by atoms with Crippen molar-refractivity contribution < 1.29 is 8.78 Å². The Labute approximate surface area is 120 Å². The average Bonchev–Trinajstić information content (AvgIpc) is 2.90. The van der Waals surface area contributed by atoms with Crippen LogP contribution < -0.4 is 5.32 Å². The molecule has 5 heteroatoms. The summed E-state index contributed by atoms with van der Waals surface area (Å²) in [5.74, 6) is -0.651. The van der Waals surface area contributed by atoms with Crippen LogP contribution in [0.2, 0.25) is 0 Å². The first-order chi connectivity index (χ1) is 10.2. The zero-order valence-electron chi connectivity index (χ0n) is 11.2. The summed E-state index contributed by atoms with van der Waals surface area (Å²) in [6, 6.07) is 8.14. The smallest absolute Gasteiger partial charge is 0.153 e. The van der Waals surface area contributed by atoms with Gasteiger partial charge >= 0.3 is 0 Å². The molecule has 3 nitrogen and oxygen atoms in total. The van der Waals surface area contributed by atoms with Crippen molar-refractivity contribution in [3.05, 3.63) is 53.1 Å². The average molecular weight is 285 g/mol. The van der Waals surface area contributed by atoms with Crippen LogP contribution in [-0.4, -0.2) is 16.5 Å². The number of hydrogen-bond acceptors (Lipinski definition) is 2. The molecule has 0 saturated carbocycles. The van der Waals surface area contributed by atoms with E-state index < -0.39 is 11.6 Å². The topological polar surface area (TPSA) is 40.7 Å². The van der Waals surface area contributed by atoms with E-state index in [1.54, 1.807) is 0 Å². The van der Waals surface area contributed by atoms with Crippen LogP contribution in [0.25, 0.3) is 22.4 Å². The quantitative estimate of drug-likeness (QED) is 0.721. The molecule has 1 aliphatic rings. The molecule has 3 aromatic rings. The van der Waals surface area contributed by atoms with E-state index in [0.29, 0.717) is 11.3 Å². The van der Waals surface area contributed by atoms with Gasteiger partial charge in [0.1, 0.15) is 17.2 Å². The highest BCUT2D eigenvalue weighted by Crippen LogP contribution is 2.29. The van der Waals surface area contributed by atoms with Gasteiger partial charge in [0.15, 0.2) is 5.82 Å². The first kappa shape index (κ1) is 12.5.